The first-order valence-corrected chi connectivity index (χ1v) is 7.25. The van der Waals surface area contributed by atoms with Crippen molar-refractivity contribution in [3.63, 3.8) is 0 Å². The molecule has 1 fully saturated rings. The van der Waals surface area contributed by atoms with E-state index in [2.05, 4.69) is 10.1 Å². The zero-order valence-corrected chi connectivity index (χ0v) is 12.9. The Kier molecular flexibility index (Phi) is 5.30. The van der Waals surface area contributed by atoms with Crippen molar-refractivity contribution in [1.29, 1.82) is 0 Å². The Bertz CT molecular complexity index is 469. The van der Waals surface area contributed by atoms with Gasteiger partial charge in [-0.1, -0.05) is 5.16 Å². The van der Waals surface area contributed by atoms with Crippen LogP contribution in [0.5, 0.6) is 0 Å². The molecule has 1 amide bonds. The molecule has 1 saturated heterocycles. The lowest BCUT2D eigenvalue weighted by molar-refractivity contribution is -0.161. The van der Waals surface area contributed by atoms with Crippen molar-refractivity contribution in [2.75, 3.05) is 27.4 Å². The van der Waals surface area contributed by atoms with Gasteiger partial charge in [-0.3, -0.25) is 4.79 Å². The van der Waals surface area contributed by atoms with Crippen molar-refractivity contribution in [3.8, 4) is 0 Å². The molecule has 0 spiro atoms. The second-order valence-corrected chi connectivity index (χ2v) is 5.54. The van der Waals surface area contributed by atoms with Crippen LogP contribution in [0.25, 0.3) is 0 Å². The third-order valence-electron chi connectivity index (χ3n) is 3.68. The van der Waals surface area contributed by atoms with Gasteiger partial charge in [0, 0.05) is 27.2 Å². The van der Waals surface area contributed by atoms with E-state index in [4.69, 9.17) is 14.0 Å². The molecule has 2 rings (SSSR count). The molecule has 118 valence electrons. The number of ether oxygens (including phenoxy) is 2. The molecule has 1 aromatic heterocycles. The molecule has 1 atom stereocenters. The van der Waals surface area contributed by atoms with Gasteiger partial charge in [-0.25, -0.2) is 0 Å². The summed E-state index contributed by atoms with van der Waals surface area (Å²) in [6.07, 6.45) is 3.37. The van der Waals surface area contributed by atoms with Crippen LogP contribution in [0, 0.1) is 0 Å². The highest BCUT2D eigenvalue weighted by Gasteiger charge is 2.38. The van der Waals surface area contributed by atoms with Crippen LogP contribution < -0.4 is 0 Å². The van der Waals surface area contributed by atoms with Crippen LogP contribution in [-0.4, -0.2) is 53.9 Å². The molecule has 7 heteroatoms. The van der Waals surface area contributed by atoms with Gasteiger partial charge in [0.05, 0.1) is 13.2 Å². The number of hydrogen-bond donors (Lipinski definition) is 0. The molecule has 0 radical (unpaired) electrons. The third-order valence-corrected chi connectivity index (χ3v) is 3.68. The topological polar surface area (TPSA) is 77.7 Å². The summed E-state index contributed by atoms with van der Waals surface area (Å²) < 4.78 is 15.8. The van der Waals surface area contributed by atoms with Crippen molar-refractivity contribution in [2.24, 2.45) is 0 Å². The fraction of sp³-hybridized carbons (Fsp3) is 0.786. The summed E-state index contributed by atoms with van der Waals surface area (Å²) in [7, 11) is 3.35. The number of likely N-dealkylation sites (N-methyl/N-ethyl adjacent to an activating group) is 1. The predicted molar refractivity (Wildman–Crippen MR) is 74.6 cm³/mol. The molecular weight excluding hydrogens is 274 g/mol. The Morgan fingerprint density at radius 3 is 2.95 bits per heavy atom. The van der Waals surface area contributed by atoms with Crippen molar-refractivity contribution < 1.29 is 18.8 Å². The average molecular weight is 297 g/mol. The lowest BCUT2D eigenvalue weighted by Gasteiger charge is -2.35. The SMILES string of the molecule is COCCc1noc(CN(C)C(=O)C2(C)CCCCO2)n1. The molecule has 0 saturated carbocycles. The van der Waals surface area contributed by atoms with Gasteiger partial charge in [0.15, 0.2) is 5.82 Å². The summed E-state index contributed by atoms with van der Waals surface area (Å²) in [6.45, 7) is 3.32. The Morgan fingerprint density at radius 2 is 2.29 bits per heavy atom. The molecule has 2 heterocycles. The summed E-state index contributed by atoms with van der Waals surface area (Å²) in [4.78, 5) is 18.3. The number of carbonyl (C=O) groups is 1. The molecular formula is C14H23N3O4. The zero-order chi connectivity index (χ0) is 15.3. The molecule has 7 nitrogen and oxygen atoms in total. The van der Waals surface area contributed by atoms with Crippen LogP contribution >= 0.6 is 0 Å². The van der Waals surface area contributed by atoms with Gasteiger partial charge in [0.25, 0.3) is 5.91 Å². The van der Waals surface area contributed by atoms with E-state index in [0.717, 1.165) is 19.3 Å². The van der Waals surface area contributed by atoms with E-state index in [-0.39, 0.29) is 12.5 Å². The van der Waals surface area contributed by atoms with Crippen molar-refractivity contribution in [3.05, 3.63) is 11.7 Å². The molecule has 0 aromatic carbocycles. The van der Waals surface area contributed by atoms with E-state index in [1.807, 2.05) is 6.92 Å². The van der Waals surface area contributed by atoms with Crippen LogP contribution in [0.3, 0.4) is 0 Å². The number of amides is 1. The van der Waals surface area contributed by atoms with Crippen LogP contribution in [0.4, 0.5) is 0 Å². The highest BCUT2D eigenvalue weighted by Crippen LogP contribution is 2.26. The maximum absolute atomic E-state index is 12.5. The highest BCUT2D eigenvalue weighted by molar-refractivity contribution is 5.84. The van der Waals surface area contributed by atoms with E-state index in [0.29, 0.717) is 31.3 Å². The van der Waals surface area contributed by atoms with E-state index >= 15 is 0 Å². The van der Waals surface area contributed by atoms with Crippen LogP contribution in [-0.2, 0) is 27.2 Å². The number of hydrogen-bond acceptors (Lipinski definition) is 6. The summed E-state index contributed by atoms with van der Waals surface area (Å²) >= 11 is 0. The molecule has 0 bridgehead atoms. The second-order valence-electron chi connectivity index (χ2n) is 5.54. The minimum absolute atomic E-state index is 0.0427. The van der Waals surface area contributed by atoms with Gasteiger partial charge < -0.3 is 18.9 Å². The number of carbonyl (C=O) groups excluding carboxylic acids is 1. The Morgan fingerprint density at radius 1 is 1.48 bits per heavy atom. The minimum atomic E-state index is -0.730. The zero-order valence-electron chi connectivity index (χ0n) is 12.9. The molecule has 0 N–H and O–H groups in total. The smallest absolute Gasteiger partial charge is 0.254 e. The van der Waals surface area contributed by atoms with Crippen LogP contribution in [0.15, 0.2) is 4.52 Å². The molecule has 1 unspecified atom stereocenters. The first-order valence-electron chi connectivity index (χ1n) is 7.25. The highest BCUT2D eigenvalue weighted by atomic mass is 16.5. The molecule has 21 heavy (non-hydrogen) atoms. The van der Waals surface area contributed by atoms with E-state index < -0.39 is 5.60 Å². The fourth-order valence-corrected chi connectivity index (χ4v) is 2.43. The molecule has 1 aliphatic heterocycles. The largest absolute Gasteiger partial charge is 0.384 e. The molecule has 0 aliphatic carbocycles. The van der Waals surface area contributed by atoms with Gasteiger partial charge >= 0.3 is 0 Å². The first-order chi connectivity index (χ1) is 10.0. The van der Waals surface area contributed by atoms with Crippen molar-refractivity contribution >= 4 is 5.91 Å². The van der Waals surface area contributed by atoms with Crippen molar-refractivity contribution in [1.82, 2.24) is 15.0 Å². The number of rotatable bonds is 6. The molecule has 1 aliphatic rings. The average Bonchev–Trinajstić information content (AvgIpc) is 2.92. The van der Waals surface area contributed by atoms with E-state index in [9.17, 15) is 4.79 Å². The molecule has 1 aromatic rings. The summed E-state index contributed by atoms with van der Waals surface area (Å²) in [5.74, 6) is 0.975. The maximum Gasteiger partial charge on any atom is 0.254 e. The minimum Gasteiger partial charge on any atom is -0.384 e. The van der Waals surface area contributed by atoms with Crippen LogP contribution in [0.1, 0.15) is 37.9 Å². The summed E-state index contributed by atoms with van der Waals surface area (Å²) in [6, 6.07) is 0. The monoisotopic (exact) mass is 297 g/mol. The quantitative estimate of drug-likeness (QED) is 0.784. The fourth-order valence-electron chi connectivity index (χ4n) is 2.43. The van der Waals surface area contributed by atoms with Gasteiger partial charge in [-0.15, -0.1) is 0 Å². The standard InChI is InChI=1S/C14H23N3O4/c1-14(7-4-5-8-20-14)13(18)17(2)10-12-15-11(16-21-12)6-9-19-3/h4-10H2,1-3H3. The Balaban J connectivity index is 1.92. The van der Waals surface area contributed by atoms with Gasteiger partial charge in [0.2, 0.25) is 5.89 Å². The third kappa shape index (κ3) is 4.01. The predicted octanol–water partition coefficient (Wildman–Crippen LogP) is 1.18. The van der Waals surface area contributed by atoms with Gasteiger partial charge in [-0.2, -0.15) is 4.98 Å². The van der Waals surface area contributed by atoms with Gasteiger partial charge in [0.1, 0.15) is 5.60 Å². The normalized spacial score (nSPS) is 22.2. The second kappa shape index (κ2) is 7.00. The maximum atomic E-state index is 12.5. The summed E-state index contributed by atoms with van der Waals surface area (Å²) in [5, 5.41) is 3.86. The Hall–Kier alpha value is -1.47. The number of nitrogens with zero attached hydrogens (tertiary/aromatic N) is 3. The number of methoxy groups -OCH3 is 1. The lowest BCUT2D eigenvalue weighted by Crippen LogP contribution is -2.48. The van der Waals surface area contributed by atoms with E-state index in [1.54, 1.807) is 19.1 Å². The Labute approximate surface area is 124 Å². The van der Waals surface area contributed by atoms with E-state index in [1.165, 1.54) is 0 Å². The number of aromatic nitrogens is 2. The van der Waals surface area contributed by atoms with Crippen LogP contribution in [0.2, 0.25) is 0 Å². The lowest BCUT2D eigenvalue weighted by atomic mass is 9.94. The summed E-state index contributed by atoms with van der Waals surface area (Å²) in [5.41, 5.74) is -0.730. The first kappa shape index (κ1) is 15.9. The van der Waals surface area contributed by atoms with Crippen molar-refractivity contribution in [2.45, 2.75) is 44.8 Å². The van der Waals surface area contributed by atoms with Gasteiger partial charge in [-0.05, 0) is 26.2 Å².